The minimum absolute atomic E-state index is 0.166. The molecule has 0 aliphatic heterocycles. The second-order valence-electron chi connectivity index (χ2n) is 3.11. The van der Waals surface area contributed by atoms with Crippen LogP contribution in [0.25, 0.3) is 0 Å². The van der Waals surface area contributed by atoms with Gasteiger partial charge in [0, 0.05) is 0 Å². The molecule has 1 unspecified atom stereocenters. The Kier molecular flexibility index (Phi) is 3.98. The van der Waals surface area contributed by atoms with E-state index in [1.807, 2.05) is 25.1 Å². The van der Waals surface area contributed by atoms with Gasteiger partial charge in [-0.25, -0.2) is 0 Å². The van der Waals surface area contributed by atoms with Gasteiger partial charge in [0.2, 0.25) is 0 Å². The summed E-state index contributed by atoms with van der Waals surface area (Å²) < 4.78 is 27.6. The van der Waals surface area contributed by atoms with Crippen LogP contribution in [0.15, 0.2) is 24.3 Å². The van der Waals surface area contributed by atoms with Gasteiger partial charge < -0.3 is 10.5 Å². The standard InChI is InChI=1S/C10H13F2NO/c1-7-3-2-4-8(5-7)9(13)6-14-10(11)12/h2-5,9-10H,6,13H2,1H3. The fourth-order valence-electron chi connectivity index (χ4n) is 1.17. The van der Waals surface area contributed by atoms with E-state index in [1.165, 1.54) is 0 Å². The van der Waals surface area contributed by atoms with E-state index in [4.69, 9.17) is 5.73 Å². The van der Waals surface area contributed by atoms with Crippen molar-refractivity contribution in [2.24, 2.45) is 5.73 Å². The van der Waals surface area contributed by atoms with Gasteiger partial charge in [-0.2, -0.15) is 8.78 Å². The number of hydrogen-bond donors (Lipinski definition) is 1. The number of aryl methyl sites for hydroxylation is 1. The van der Waals surface area contributed by atoms with E-state index in [0.29, 0.717) is 0 Å². The largest absolute Gasteiger partial charge is 0.345 e. The second-order valence-corrected chi connectivity index (χ2v) is 3.11. The molecule has 2 N–H and O–H groups in total. The lowest BCUT2D eigenvalue weighted by molar-refractivity contribution is -0.132. The first-order valence-electron chi connectivity index (χ1n) is 4.31. The number of ether oxygens (including phenoxy) is 1. The Morgan fingerprint density at radius 3 is 2.71 bits per heavy atom. The Morgan fingerprint density at radius 1 is 1.43 bits per heavy atom. The minimum atomic E-state index is -2.76. The number of rotatable bonds is 4. The number of alkyl halides is 2. The van der Waals surface area contributed by atoms with E-state index in [9.17, 15) is 8.78 Å². The third-order valence-corrected chi connectivity index (χ3v) is 1.87. The first kappa shape index (κ1) is 11.1. The summed E-state index contributed by atoms with van der Waals surface area (Å²) in [6, 6.07) is 6.92. The molecule has 2 nitrogen and oxygen atoms in total. The molecule has 78 valence electrons. The van der Waals surface area contributed by atoms with Crippen molar-refractivity contribution in [1.82, 2.24) is 0 Å². The van der Waals surface area contributed by atoms with Crippen LogP contribution in [0.5, 0.6) is 0 Å². The van der Waals surface area contributed by atoms with Gasteiger partial charge in [0.15, 0.2) is 0 Å². The molecular formula is C10H13F2NO. The van der Waals surface area contributed by atoms with Crippen molar-refractivity contribution in [3.63, 3.8) is 0 Å². The number of nitrogens with two attached hydrogens (primary N) is 1. The average Bonchev–Trinajstić information content (AvgIpc) is 2.14. The SMILES string of the molecule is Cc1cccc(C(N)COC(F)F)c1. The monoisotopic (exact) mass is 201 g/mol. The Hall–Kier alpha value is -1.00. The summed E-state index contributed by atoms with van der Waals surface area (Å²) in [6.07, 6.45) is 0. The minimum Gasteiger partial charge on any atom is -0.322 e. The van der Waals surface area contributed by atoms with Crippen LogP contribution in [0.3, 0.4) is 0 Å². The molecule has 0 saturated carbocycles. The van der Waals surface area contributed by atoms with Crippen molar-refractivity contribution in [1.29, 1.82) is 0 Å². The normalized spacial score (nSPS) is 13.2. The van der Waals surface area contributed by atoms with Crippen LogP contribution in [-0.4, -0.2) is 13.2 Å². The maximum absolute atomic E-state index is 11.7. The van der Waals surface area contributed by atoms with Crippen LogP contribution in [0, 0.1) is 6.92 Å². The lowest BCUT2D eigenvalue weighted by atomic mass is 10.1. The van der Waals surface area contributed by atoms with E-state index in [-0.39, 0.29) is 6.61 Å². The summed E-state index contributed by atoms with van der Waals surface area (Å²) in [6.45, 7) is -1.00. The third kappa shape index (κ3) is 3.40. The van der Waals surface area contributed by atoms with Crippen LogP contribution < -0.4 is 5.73 Å². The molecule has 0 aromatic heterocycles. The number of hydrogen-bond acceptors (Lipinski definition) is 2. The highest BCUT2D eigenvalue weighted by atomic mass is 19.3. The van der Waals surface area contributed by atoms with Crippen molar-refractivity contribution < 1.29 is 13.5 Å². The molecule has 1 aromatic carbocycles. The predicted molar refractivity (Wildman–Crippen MR) is 50.1 cm³/mol. The van der Waals surface area contributed by atoms with E-state index in [2.05, 4.69) is 4.74 Å². The lowest BCUT2D eigenvalue weighted by Gasteiger charge is -2.12. The first-order chi connectivity index (χ1) is 6.59. The molecule has 4 heteroatoms. The van der Waals surface area contributed by atoms with E-state index < -0.39 is 12.7 Å². The van der Waals surface area contributed by atoms with Crippen molar-refractivity contribution in [2.45, 2.75) is 19.6 Å². The van der Waals surface area contributed by atoms with Crippen molar-refractivity contribution >= 4 is 0 Å². The van der Waals surface area contributed by atoms with Crippen LogP contribution in [0.1, 0.15) is 17.2 Å². The summed E-state index contributed by atoms with van der Waals surface area (Å²) in [4.78, 5) is 0. The zero-order valence-electron chi connectivity index (χ0n) is 7.91. The molecule has 0 radical (unpaired) electrons. The summed E-state index contributed by atoms with van der Waals surface area (Å²) in [7, 11) is 0. The highest BCUT2D eigenvalue weighted by Crippen LogP contribution is 2.13. The van der Waals surface area contributed by atoms with E-state index in [1.54, 1.807) is 6.07 Å². The highest BCUT2D eigenvalue weighted by molar-refractivity contribution is 5.24. The quantitative estimate of drug-likeness (QED) is 0.810. The zero-order chi connectivity index (χ0) is 10.6. The Morgan fingerprint density at radius 2 is 2.14 bits per heavy atom. The van der Waals surface area contributed by atoms with E-state index >= 15 is 0 Å². The summed E-state index contributed by atoms with van der Waals surface area (Å²) in [5, 5.41) is 0. The van der Waals surface area contributed by atoms with Gasteiger partial charge in [-0.1, -0.05) is 29.8 Å². The molecule has 0 aliphatic rings. The smallest absolute Gasteiger partial charge is 0.322 e. The van der Waals surface area contributed by atoms with Crippen LogP contribution in [0.2, 0.25) is 0 Å². The average molecular weight is 201 g/mol. The van der Waals surface area contributed by atoms with Gasteiger partial charge in [0.05, 0.1) is 12.6 Å². The number of benzene rings is 1. The highest BCUT2D eigenvalue weighted by Gasteiger charge is 2.09. The van der Waals surface area contributed by atoms with Gasteiger partial charge >= 0.3 is 6.61 Å². The number of halogens is 2. The van der Waals surface area contributed by atoms with Gasteiger partial charge in [-0.15, -0.1) is 0 Å². The molecule has 0 heterocycles. The Labute approximate surface area is 81.7 Å². The molecule has 0 saturated heterocycles. The van der Waals surface area contributed by atoms with Gasteiger partial charge in [0.1, 0.15) is 0 Å². The fraction of sp³-hybridized carbons (Fsp3) is 0.400. The van der Waals surface area contributed by atoms with Crippen LogP contribution >= 0.6 is 0 Å². The second kappa shape index (κ2) is 5.02. The van der Waals surface area contributed by atoms with Gasteiger partial charge in [-0.3, -0.25) is 0 Å². The summed E-state index contributed by atoms with van der Waals surface area (Å²) in [5.41, 5.74) is 7.52. The van der Waals surface area contributed by atoms with Gasteiger partial charge in [0.25, 0.3) is 0 Å². The molecule has 0 amide bonds. The van der Waals surface area contributed by atoms with Crippen molar-refractivity contribution in [2.75, 3.05) is 6.61 Å². The molecule has 1 aromatic rings. The van der Waals surface area contributed by atoms with Crippen LogP contribution in [0.4, 0.5) is 8.78 Å². The van der Waals surface area contributed by atoms with Crippen molar-refractivity contribution in [3.05, 3.63) is 35.4 Å². The molecule has 1 atom stereocenters. The molecule has 1 rings (SSSR count). The van der Waals surface area contributed by atoms with E-state index in [0.717, 1.165) is 11.1 Å². The van der Waals surface area contributed by atoms with Crippen molar-refractivity contribution in [3.8, 4) is 0 Å². The lowest BCUT2D eigenvalue weighted by Crippen LogP contribution is -2.18. The van der Waals surface area contributed by atoms with Crippen LogP contribution in [-0.2, 0) is 4.74 Å². The summed E-state index contributed by atoms with van der Waals surface area (Å²) >= 11 is 0. The molecule has 0 bridgehead atoms. The maximum atomic E-state index is 11.7. The molecule has 0 fully saturated rings. The zero-order valence-corrected chi connectivity index (χ0v) is 7.91. The van der Waals surface area contributed by atoms with Gasteiger partial charge in [-0.05, 0) is 12.5 Å². The Bertz CT molecular complexity index is 291. The summed E-state index contributed by atoms with van der Waals surface area (Å²) in [5.74, 6) is 0. The molecule has 0 aliphatic carbocycles. The maximum Gasteiger partial charge on any atom is 0.345 e. The fourth-order valence-corrected chi connectivity index (χ4v) is 1.17. The first-order valence-corrected chi connectivity index (χ1v) is 4.31. The third-order valence-electron chi connectivity index (χ3n) is 1.87. The Balaban J connectivity index is 2.56. The molecular weight excluding hydrogens is 188 g/mol. The molecule has 14 heavy (non-hydrogen) atoms. The topological polar surface area (TPSA) is 35.2 Å². The predicted octanol–water partition coefficient (Wildman–Crippen LogP) is 2.23. The molecule has 0 spiro atoms.